The lowest BCUT2D eigenvalue weighted by Gasteiger charge is -2.16. The predicted octanol–water partition coefficient (Wildman–Crippen LogP) is 12.4. The standard InChI is InChI=1S/C45H27N3S/c1-2-15-30(16-3-1)43-46-44(36-23-12-18-29-14-6-7-19-33(29)36)48-45(47-43)41-35-21-9-8-20-34(35)39(32-26-25-28-13-4-5-17-31(28)27-32)42-40(41)37-22-10-11-24-38(37)49-42/h1-27H. The molecule has 49 heavy (non-hydrogen) atoms. The minimum atomic E-state index is 0.656. The van der Waals surface area contributed by atoms with Gasteiger partial charge in [0, 0.05) is 42.4 Å². The molecule has 0 saturated carbocycles. The fraction of sp³-hybridized carbons (Fsp3) is 0. The molecule has 0 aliphatic carbocycles. The maximum atomic E-state index is 5.36. The van der Waals surface area contributed by atoms with Crippen LogP contribution < -0.4 is 0 Å². The minimum Gasteiger partial charge on any atom is -0.208 e. The van der Waals surface area contributed by atoms with Gasteiger partial charge in [0.1, 0.15) is 0 Å². The summed E-state index contributed by atoms with van der Waals surface area (Å²) >= 11 is 1.84. The quantitative estimate of drug-likeness (QED) is 0.192. The van der Waals surface area contributed by atoms with Gasteiger partial charge in [-0.15, -0.1) is 11.3 Å². The third kappa shape index (κ3) is 4.53. The van der Waals surface area contributed by atoms with E-state index in [2.05, 4.69) is 146 Å². The van der Waals surface area contributed by atoms with E-state index in [0.717, 1.165) is 32.8 Å². The molecule has 0 aliphatic rings. The van der Waals surface area contributed by atoms with Gasteiger partial charge in [0.15, 0.2) is 17.5 Å². The molecule has 228 valence electrons. The van der Waals surface area contributed by atoms with Crippen LogP contribution in [0.3, 0.4) is 0 Å². The second-order valence-corrected chi connectivity index (χ2v) is 13.4. The molecule has 0 spiro atoms. The largest absolute Gasteiger partial charge is 0.208 e. The van der Waals surface area contributed by atoms with Gasteiger partial charge in [-0.05, 0) is 50.0 Å². The van der Waals surface area contributed by atoms with Crippen molar-refractivity contribution in [1.29, 1.82) is 0 Å². The van der Waals surface area contributed by atoms with Crippen molar-refractivity contribution in [2.24, 2.45) is 0 Å². The van der Waals surface area contributed by atoms with Crippen LogP contribution in [0.15, 0.2) is 164 Å². The maximum Gasteiger partial charge on any atom is 0.165 e. The summed E-state index contributed by atoms with van der Waals surface area (Å²) in [5, 5.41) is 9.42. The normalized spacial score (nSPS) is 11.7. The van der Waals surface area contributed by atoms with Gasteiger partial charge in [0.25, 0.3) is 0 Å². The molecule has 3 nitrogen and oxygen atoms in total. The van der Waals surface area contributed by atoms with Crippen LogP contribution in [0.5, 0.6) is 0 Å². The van der Waals surface area contributed by atoms with Gasteiger partial charge in [0.2, 0.25) is 0 Å². The number of hydrogen-bond donors (Lipinski definition) is 0. The molecule has 0 atom stereocenters. The van der Waals surface area contributed by atoms with Crippen molar-refractivity contribution in [3.63, 3.8) is 0 Å². The first kappa shape index (κ1) is 27.8. The topological polar surface area (TPSA) is 38.7 Å². The number of rotatable bonds is 4. The Balaban J connectivity index is 1.35. The van der Waals surface area contributed by atoms with Gasteiger partial charge in [-0.2, -0.15) is 0 Å². The van der Waals surface area contributed by atoms with Crippen LogP contribution in [0, 0.1) is 0 Å². The zero-order chi connectivity index (χ0) is 32.3. The smallest absolute Gasteiger partial charge is 0.165 e. The Morgan fingerprint density at radius 2 is 0.980 bits per heavy atom. The van der Waals surface area contributed by atoms with E-state index in [9.17, 15) is 0 Å². The number of hydrogen-bond acceptors (Lipinski definition) is 4. The van der Waals surface area contributed by atoms with Crippen molar-refractivity contribution in [3.8, 4) is 45.3 Å². The second kappa shape index (κ2) is 11.2. The fourth-order valence-electron chi connectivity index (χ4n) is 7.25. The average Bonchev–Trinajstić information content (AvgIpc) is 3.55. The lowest BCUT2D eigenvalue weighted by Crippen LogP contribution is -2.01. The molecule has 0 aliphatic heterocycles. The monoisotopic (exact) mass is 641 g/mol. The van der Waals surface area contributed by atoms with Crippen LogP contribution >= 0.6 is 11.3 Å². The Bertz CT molecular complexity index is 2890. The summed E-state index contributed by atoms with van der Waals surface area (Å²) in [5.41, 5.74) is 5.43. The van der Waals surface area contributed by atoms with E-state index in [1.54, 1.807) is 0 Å². The van der Waals surface area contributed by atoms with Crippen molar-refractivity contribution >= 4 is 63.8 Å². The zero-order valence-corrected chi connectivity index (χ0v) is 27.2. The van der Waals surface area contributed by atoms with E-state index in [0.29, 0.717) is 17.5 Å². The third-order valence-electron chi connectivity index (χ3n) is 9.50. The summed E-state index contributed by atoms with van der Waals surface area (Å²) in [6.07, 6.45) is 0. The summed E-state index contributed by atoms with van der Waals surface area (Å²) in [5.74, 6) is 1.99. The van der Waals surface area contributed by atoms with Crippen molar-refractivity contribution in [2.45, 2.75) is 0 Å². The van der Waals surface area contributed by atoms with E-state index in [4.69, 9.17) is 15.0 Å². The van der Waals surface area contributed by atoms with E-state index >= 15 is 0 Å². The average molecular weight is 642 g/mol. The lowest BCUT2D eigenvalue weighted by atomic mass is 9.90. The molecule has 0 fully saturated rings. The molecular formula is C45H27N3S. The van der Waals surface area contributed by atoms with Crippen LogP contribution in [0.4, 0.5) is 0 Å². The van der Waals surface area contributed by atoms with E-state index in [-0.39, 0.29) is 0 Å². The highest BCUT2D eigenvalue weighted by molar-refractivity contribution is 7.26. The number of nitrogens with zero attached hydrogens (tertiary/aromatic N) is 3. The van der Waals surface area contributed by atoms with Crippen LogP contribution in [0.2, 0.25) is 0 Å². The van der Waals surface area contributed by atoms with Crippen LogP contribution in [0.25, 0.3) is 97.8 Å². The molecule has 0 bridgehead atoms. The molecule has 8 aromatic carbocycles. The molecule has 10 rings (SSSR count). The molecule has 10 aromatic rings. The number of fused-ring (bicyclic) bond motifs is 6. The Morgan fingerprint density at radius 3 is 1.82 bits per heavy atom. The number of benzene rings is 8. The molecule has 0 N–H and O–H groups in total. The molecule has 4 heteroatoms. The number of aromatic nitrogens is 3. The van der Waals surface area contributed by atoms with Crippen molar-refractivity contribution < 1.29 is 0 Å². The van der Waals surface area contributed by atoms with Crippen LogP contribution in [-0.2, 0) is 0 Å². The Morgan fingerprint density at radius 1 is 0.367 bits per heavy atom. The van der Waals surface area contributed by atoms with Crippen LogP contribution in [0.1, 0.15) is 0 Å². The summed E-state index contributed by atoms with van der Waals surface area (Å²) in [7, 11) is 0. The molecular weight excluding hydrogens is 615 g/mol. The molecule has 2 aromatic heterocycles. The summed E-state index contributed by atoms with van der Waals surface area (Å²) in [4.78, 5) is 15.8. The van der Waals surface area contributed by atoms with Gasteiger partial charge in [0.05, 0.1) is 0 Å². The SMILES string of the molecule is c1ccc(-c2nc(-c3cccc4ccccc34)nc(-c3c4ccccc4c(-c4ccc5ccccc5c4)c4sc5ccccc5c34)n2)cc1. The second-order valence-electron chi connectivity index (χ2n) is 12.4. The molecule has 0 radical (unpaired) electrons. The lowest BCUT2D eigenvalue weighted by molar-refractivity contribution is 1.08. The van der Waals surface area contributed by atoms with Gasteiger partial charge < -0.3 is 0 Å². The Labute approximate surface area is 286 Å². The highest BCUT2D eigenvalue weighted by Crippen LogP contribution is 2.49. The highest BCUT2D eigenvalue weighted by atomic mass is 32.1. The first-order valence-electron chi connectivity index (χ1n) is 16.5. The summed E-state index contributed by atoms with van der Waals surface area (Å²) in [6.45, 7) is 0. The number of thiophene rings is 1. The van der Waals surface area contributed by atoms with Crippen molar-refractivity contribution in [3.05, 3.63) is 164 Å². The predicted molar refractivity (Wildman–Crippen MR) is 207 cm³/mol. The van der Waals surface area contributed by atoms with Crippen LogP contribution in [-0.4, -0.2) is 15.0 Å². The van der Waals surface area contributed by atoms with E-state index in [1.807, 2.05) is 29.5 Å². The van der Waals surface area contributed by atoms with Crippen molar-refractivity contribution in [1.82, 2.24) is 15.0 Å². The van der Waals surface area contributed by atoms with Gasteiger partial charge in [-0.25, -0.2) is 15.0 Å². The fourth-order valence-corrected chi connectivity index (χ4v) is 8.54. The van der Waals surface area contributed by atoms with Gasteiger partial charge in [-0.1, -0.05) is 152 Å². The first-order chi connectivity index (χ1) is 24.3. The molecule has 0 amide bonds. The Kier molecular flexibility index (Phi) is 6.36. The van der Waals surface area contributed by atoms with Crippen molar-refractivity contribution in [2.75, 3.05) is 0 Å². The van der Waals surface area contributed by atoms with E-state index in [1.165, 1.54) is 47.5 Å². The first-order valence-corrected chi connectivity index (χ1v) is 17.3. The van der Waals surface area contributed by atoms with E-state index < -0.39 is 0 Å². The highest BCUT2D eigenvalue weighted by Gasteiger charge is 2.24. The minimum absolute atomic E-state index is 0.656. The third-order valence-corrected chi connectivity index (χ3v) is 10.7. The molecule has 0 saturated heterocycles. The molecule has 0 unspecified atom stereocenters. The van der Waals surface area contributed by atoms with Gasteiger partial charge >= 0.3 is 0 Å². The zero-order valence-electron chi connectivity index (χ0n) is 26.3. The maximum absolute atomic E-state index is 5.36. The summed E-state index contributed by atoms with van der Waals surface area (Å²) in [6, 6.07) is 57.9. The summed E-state index contributed by atoms with van der Waals surface area (Å²) < 4.78 is 2.47. The Hall–Kier alpha value is -6.23. The molecule has 2 heterocycles. The van der Waals surface area contributed by atoms with Gasteiger partial charge in [-0.3, -0.25) is 0 Å².